The Kier molecular flexibility index (Phi) is 3.90. The van der Waals surface area contributed by atoms with E-state index in [1.54, 1.807) is 18.6 Å². The summed E-state index contributed by atoms with van der Waals surface area (Å²) in [5.41, 5.74) is 8.05. The molecule has 7 heteroatoms. The zero-order valence-corrected chi connectivity index (χ0v) is 8.44. The molecule has 0 unspecified atom stereocenters. The highest BCUT2D eigenvalue weighted by atomic mass is 32.1. The van der Waals surface area contributed by atoms with Crippen molar-refractivity contribution in [1.29, 1.82) is 0 Å². The van der Waals surface area contributed by atoms with Crippen molar-refractivity contribution in [3.63, 3.8) is 0 Å². The summed E-state index contributed by atoms with van der Waals surface area (Å²) in [5, 5.41) is 5.54. The molecule has 0 aliphatic heterocycles. The van der Waals surface area contributed by atoms with Gasteiger partial charge >= 0.3 is 0 Å². The van der Waals surface area contributed by atoms with Gasteiger partial charge in [0, 0.05) is 36.6 Å². The Morgan fingerprint density at radius 3 is 3.21 bits per heavy atom. The van der Waals surface area contributed by atoms with Crippen LogP contribution in [-0.2, 0) is 0 Å². The molecule has 1 aromatic heterocycles. The molecular weight excluding hydrogens is 202 g/mol. The molecule has 0 saturated carbocycles. The largest absolute Gasteiger partial charge is 0.340 e. The van der Waals surface area contributed by atoms with Gasteiger partial charge in [-0.25, -0.2) is 4.98 Å². The highest BCUT2D eigenvalue weighted by molar-refractivity contribution is 7.11. The van der Waals surface area contributed by atoms with Gasteiger partial charge in [-0.15, -0.1) is 11.3 Å². The number of nitrogens with zero attached hydrogens (tertiary/aromatic N) is 5. The molecule has 14 heavy (non-hydrogen) atoms. The standard InChI is InChI=1S/C7H9N5OS/c1-12(4-2-10-11-8)7(13)6-9-3-5-14-6/h3,5H,2,4H2,1H3. The maximum atomic E-state index is 11.5. The van der Waals surface area contributed by atoms with E-state index in [9.17, 15) is 4.79 Å². The monoisotopic (exact) mass is 211 g/mol. The quantitative estimate of drug-likeness (QED) is 0.430. The first-order valence-electron chi connectivity index (χ1n) is 3.91. The fourth-order valence-electron chi connectivity index (χ4n) is 0.833. The van der Waals surface area contributed by atoms with E-state index >= 15 is 0 Å². The number of likely N-dealkylation sites (N-methyl/N-ethyl adjacent to an activating group) is 1. The van der Waals surface area contributed by atoms with E-state index in [4.69, 9.17) is 5.53 Å². The van der Waals surface area contributed by atoms with Crippen LogP contribution in [0.2, 0.25) is 0 Å². The van der Waals surface area contributed by atoms with Gasteiger partial charge in [-0.1, -0.05) is 5.11 Å². The predicted octanol–water partition coefficient (Wildman–Crippen LogP) is 1.53. The van der Waals surface area contributed by atoms with Gasteiger partial charge in [0.1, 0.15) is 0 Å². The van der Waals surface area contributed by atoms with Crippen LogP contribution < -0.4 is 0 Å². The van der Waals surface area contributed by atoms with Gasteiger partial charge in [-0.05, 0) is 5.53 Å². The number of hydrogen-bond donors (Lipinski definition) is 0. The third-order valence-corrected chi connectivity index (χ3v) is 2.32. The van der Waals surface area contributed by atoms with Gasteiger partial charge in [0.25, 0.3) is 5.91 Å². The molecule has 0 aromatic carbocycles. The van der Waals surface area contributed by atoms with Crippen molar-refractivity contribution in [2.75, 3.05) is 20.1 Å². The van der Waals surface area contributed by atoms with E-state index in [0.717, 1.165) is 0 Å². The molecule has 1 aromatic rings. The molecule has 0 aliphatic rings. The van der Waals surface area contributed by atoms with Gasteiger partial charge in [0.15, 0.2) is 5.01 Å². The molecule has 0 N–H and O–H groups in total. The summed E-state index contributed by atoms with van der Waals surface area (Å²) in [7, 11) is 1.65. The number of thiazole rings is 1. The van der Waals surface area contributed by atoms with Crippen LogP contribution in [0.5, 0.6) is 0 Å². The SMILES string of the molecule is CN(CCN=[N+]=[N-])C(=O)c1nccs1. The van der Waals surface area contributed by atoms with Crippen molar-refractivity contribution >= 4 is 17.2 Å². The smallest absolute Gasteiger partial charge is 0.282 e. The molecule has 0 spiro atoms. The normalized spacial score (nSPS) is 9.21. The van der Waals surface area contributed by atoms with Gasteiger partial charge in [-0.2, -0.15) is 0 Å². The van der Waals surface area contributed by atoms with Crippen molar-refractivity contribution in [1.82, 2.24) is 9.88 Å². The molecule has 0 fully saturated rings. The Bertz CT molecular complexity index is 343. The fraction of sp³-hybridized carbons (Fsp3) is 0.429. The molecule has 0 atom stereocenters. The van der Waals surface area contributed by atoms with Crippen molar-refractivity contribution in [2.24, 2.45) is 5.11 Å². The molecular formula is C7H9N5OS. The van der Waals surface area contributed by atoms with Crippen LogP contribution in [0.25, 0.3) is 10.4 Å². The summed E-state index contributed by atoms with van der Waals surface area (Å²) < 4.78 is 0. The number of amides is 1. The number of hydrogen-bond acceptors (Lipinski definition) is 4. The minimum absolute atomic E-state index is 0.145. The minimum atomic E-state index is -0.145. The van der Waals surface area contributed by atoms with Gasteiger partial charge < -0.3 is 4.90 Å². The third kappa shape index (κ3) is 2.72. The summed E-state index contributed by atoms with van der Waals surface area (Å²) >= 11 is 1.29. The molecule has 6 nitrogen and oxygen atoms in total. The van der Waals surface area contributed by atoms with E-state index in [1.807, 2.05) is 0 Å². The van der Waals surface area contributed by atoms with Gasteiger partial charge in [-0.3, -0.25) is 4.79 Å². The molecule has 1 amide bonds. The molecule has 74 valence electrons. The zero-order valence-electron chi connectivity index (χ0n) is 7.62. The van der Waals surface area contributed by atoms with Crippen LogP contribution in [0.1, 0.15) is 9.80 Å². The molecule has 0 aliphatic carbocycles. The average molecular weight is 211 g/mol. The van der Waals surface area contributed by atoms with Crippen molar-refractivity contribution in [3.05, 3.63) is 27.0 Å². The number of aromatic nitrogens is 1. The van der Waals surface area contributed by atoms with Crippen LogP contribution in [-0.4, -0.2) is 35.9 Å². The number of carbonyl (C=O) groups is 1. The van der Waals surface area contributed by atoms with Crippen LogP contribution in [0.3, 0.4) is 0 Å². The Morgan fingerprint density at radius 2 is 2.64 bits per heavy atom. The fourth-order valence-corrected chi connectivity index (χ4v) is 1.46. The molecule has 0 radical (unpaired) electrons. The van der Waals surface area contributed by atoms with Crippen molar-refractivity contribution < 1.29 is 4.79 Å². The lowest BCUT2D eigenvalue weighted by Crippen LogP contribution is -2.28. The zero-order chi connectivity index (χ0) is 10.4. The highest BCUT2D eigenvalue weighted by Crippen LogP contribution is 2.06. The molecule has 1 heterocycles. The van der Waals surface area contributed by atoms with E-state index in [0.29, 0.717) is 11.6 Å². The lowest BCUT2D eigenvalue weighted by Gasteiger charge is -2.13. The maximum absolute atomic E-state index is 11.5. The van der Waals surface area contributed by atoms with Crippen LogP contribution in [0.4, 0.5) is 0 Å². The second-order valence-corrected chi connectivity index (χ2v) is 3.41. The summed E-state index contributed by atoms with van der Waals surface area (Å²) in [5.74, 6) is -0.145. The van der Waals surface area contributed by atoms with E-state index in [2.05, 4.69) is 15.0 Å². The Morgan fingerprint density at radius 1 is 1.86 bits per heavy atom. The van der Waals surface area contributed by atoms with Crippen molar-refractivity contribution in [2.45, 2.75) is 0 Å². The van der Waals surface area contributed by atoms with Gasteiger partial charge in [0.2, 0.25) is 0 Å². The van der Waals surface area contributed by atoms with Crippen LogP contribution >= 0.6 is 11.3 Å². The first-order chi connectivity index (χ1) is 6.75. The predicted molar refractivity (Wildman–Crippen MR) is 53.1 cm³/mol. The van der Waals surface area contributed by atoms with Crippen molar-refractivity contribution in [3.8, 4) is 0 Å². The Hall–Kier alpha value is -1.59. The van der Waals surface area contributed by atoms with E-state index in [-0.39, 0.29) is 12.5 Å². The summed E-state index contributed by atoms with van der Waals surface area (Å²) in [4.78, 5) is 19.5. The van der Waals surface area contributed by atoms with Crippen LogP contribution in [0.15, 0.2) is 16.7 Å². The van der Waals surface area contributed by atoms with E-state index in [1.165, 1.54) is 16.2 Å². The average Bonchev–Trinajstić information content (AvgIpc) is 2.69. The Labute approximate surface area is 84.8 Å². The molecule has 0 bridgehead atoms. The lowest BCUT2D eigenvalue weighted by molar-refractivity contribution is 0.0798. The van der Waals surface area contributed by atoms with Crippen LogP contribution in [0, 0.1) is 0 Å². The minimum Gasteiger partial charge on any atom is -0.340 e. The molecule has 0 saturated heterocycles. The van der Waals surface area contributed by atoms with E-state index < -0.39 is 0 Å². The first kappa shape index (κ1) is 10.5. The maximum Gasteiger partial charge on any atom is 0.282 e. The first-order valence-corrected chi connectivity index (χ1v) is 4.79. The Balaban J connectivity index is 2.49. The van der Waals surface area contributed by atoms with Gasteiger partial charge in [0.05, 0.1) is 0 Å². The number of azide groups is 1. The number of carbonyl (C=O) groups excluding carboxylic acids is 1. The second-order valence-electron chi connectivity index (χ2n) is 2.52. The molecule has 1 rings (SSSR count). The second kappa shape index (κ2) is 5.21. The lowest BCUT2D eigenvalue weighted by atomic mass is 10.5. The topological polar surface area (TPSA) is 82.0 Å². The highest BCUT2D eigenvalue weighted by Gasteiger charge is 2.12. The summed E-state index contributed by atoms with van der Waals surface area (Å²) in [6.45, 7) is 0.687. The number of rotatable bonds is 4. The third-order valence-electron chi connectivity index (χ3n) is 1.56. The summed E-state index contributed by atoms with van der Waals surface area (Å²) in [6, 6.07) is 0. The summed E-state index contributed by atoms with van der Waals surface area (Å²) in [6.07, 6.45) is 1.58.